The van der Waals surface area contributed by atoms with E-state index in [0.29, 0.717) is 16.4 Å². The minimum Gasteiger partial charge on any atom is -0.326 e. The molecule has 0 aromatic heterocycles. The van der Waals surface area contributed by atoms with E-state index in [1.54, 1.807) is 42.5 Å². The first-order valence-corrected chi connectivity index (χ1v) is 7.97. The maximum atomic E-state index is 11.9. The molecule has 0 bridgehead atoms. The van der Waals surface area contributed by atoms with Crippen LogP contribution >= 0.6 is 11.6 Å². The molecule has 2 amide bonds. The Morgan fingerprint density at radius 1 is 1.00 bits per heavy atom. The molecule has 0 aliphatic carbocycles. The summed E-state index contributed by atoms with van der Waals surface area (Å²) in [5, 5.41) is 6.18. The van der Waals surface area contributed by atoms with Gasteiger partial charge in [0.1, 0.15) is 0 Å². The second-order valence-corrected chi connectivity index (χ2v) is 6.04. The molecule has 0 fully saturated rings. The molecule has 2 N–H and O–H groups in total. The van der Waals surface area contributed by atoms with E-state index in [2.05, 4.69) is 10.6 Å². The van der Waals surface area contributed by atoms with Gasteiger partial charge in [0.25, 0.3) is 0 Å². The van der Waals surface area contributed by atoms with E-state index >= 15 is 0 Å². The van der Waals surface area contributed by atoms with Crippen molar-refractivity contribution >= 4 is 40.9 Å². The highest BCUT2D eigenvalue weighted by atomic mass is 35.5. The third-order valence-electron chi connectivity index (χ3n) is 3.22. The van der Waals surface area contributed by atoms with E-state index in [1.807, 2.05) is 26.0 Å². The Kier molecular flexibility index (Phi) is 6.15. The van der Waals surface area contributed by atoms with Gasteiger partial charge in [-0.1, -0.05) is 37.6 Å². The van der Waals surface area contributed by atoms with Crippen molar-refractivity contribution < 1.29 is 9.59 Å². The van der Waals surface area contributed by atoms with E-state index in [9.17, 15) is 9.59 Å². The number of halogens is 1. The van der Waals surface area contributed by atoms with Gasteiger partial charge in [-0.05, 0) is 48.0 Å². The Hall–Kier alpha value is -2.59. The van der Waals surface area contributed by atoms with E-state index < -0.39 is 0 Å². The molecule has 124 valence electrons. The summed E-state index contributed by atoms with van der Waals surface area (Å²) in [6.45, 7) is 3.66. The fourth-order valence-electron chi connectivity index (χ4n) is 1.89. The number of carbonyl (C=O) groups excluding carboxylic acids is 2. The first-order chi connectivity index (χ1) is 11.4. The number of carbonyl (C=O) groups is 2. The molecule has 2 aromatic rings. The minimum absolute atomic E-state index is 0.0451. The lowest BCUT2D eigenvalue weighted by molar-refractivity contribution is -0.119. The molecular formula is C19H19ClN2O2. The highest BCUT2D eigenvalue weighted by Gasteiger charge is 2.06. The largest absolute Gasteiger partial charge is 0.326 e. The van der Waals surface area contributed by atoms with E-state index in [4.69, 9.17) is 11.6 Å². The number of benzene rings is 2. The monoisotopic (exact) mass is 342 g/mol. The first-order valence-electron chi connectivity index (χ1n) is 7.59. The molecular weight excluding hydrogens is 324 g/mol. The second-order valence-electron chi connectivity index (χ2n) is 5.60. The summed E-state index contributed by atoms with van der Waals surface area (Å²) in [5.41, 5.74) is 2.20. The highest BCUT2D eigenvalue weighted by Crippen LogP contribution is 2.15. The van der Waals surface area contributed by atoms with Crippen molar-refractivity contribution in [3.8, 4) is 0 Å². The smallest absolute Gasteiger partial charge is 0.248 e. The summed E-state index contributed by atoms with van der Waals surface area (Å²) >= 11 is 5.90. The van der Waals surface area contributed by atoms with Crippen LogP contribution in [0.2, 0.25) is 5.02 Å². The van der Waals surface area contributed by atoms with E-state index in [-0.39, 0.29) is 17.7 Å². The summed E-state index contributed by atoms with van der Waals surface area (Å²) in [4.78, 5) is 23.5. The van der Waals surface area contributed by atoms with Crippen LogP contribution in [0.25, 0.3) is 6.08 Å². The molecule has 2 rings (SSSR count). The average Bonchev–Trinajstić information content (AvgIpc) is 2.55. The zero-order chi connectivity index (χ0) is 17.5. The van der Waals surface area contributed by atoms with Crippen LogP contribution in [0.5, 0.6) is 0 Å². The summed E-state index contributed by atoms with van der Waals surface area (Å²) < 4.78 is 0. The number of hydrogen-bond acceptors (Lipinski definition) is 2. The molecule has 4 nitrogen and oxygen atoms in total. The molecule has 0 heterocycles. The fraction of sp³-hybridized carbons (Fsp3) is 0.158. The third kappa shape index (κ3) is 5.56. The lowest BCUT2D eigenvalue weighted by Crippen LogP contribution is -2.17. The second kappa shape index (κ2) is 8.31. The van der Waals surface area contributed by atoms with Crippen LogP contribution in [-0.4, -0.2) is 11.8 Å². The quantitative estimate of drug-likeness (QED) is 0.781. The Bertz CT molecular complexity index is 752. The number of amides is 2. The van der Waals surface area contributed by atoms with Gasteiger partial charge >= 0.3 is 0 Å². The van der Waals surface area contributed by atoms with Gasteiger partial charge in [0, 0.05) is 28.4 Å². The zero-order valence-corrected chi connectivity index (χ0v) is 14.3. The molecule has 0 saturated carbocycles. The predicted octanol–water partition coefficient (Wildman–Crippen LogP) is 4.59. The van der Waals surface area contributed by atoms with Gasteiger partial charge in [0.2, 0.25) is 11.8 Å². The van der Waals surface area contributed by atoms with Gasteiger partial charge in [0.15, 0.2) is 0 Å². The van der Waals surface area contributed by atoms with Crippen LogP contribution in [0.1, 0.15) is 19.4 Å². The molecule has 2 aromatic carbocycles. The lowest BCUT2D eigenvalue weighted by atomic mass is 10.2. The first kappa shape index (κ1) is 17.8. The van der Waals surface area contributed by atoms with Crippen molar-refractivity contribution in [3.63, 3.8) is 0 Å². The standard InChI is InChI=1S/C19H19ClN2O2/c1-13(2)19(24)22-17-9-7-16(8-10-17)21-18(23)11-6-14-4-3-5-15(20)12-14/h3-13H,1-2H3,(H,21,23)(H,22,24)/b11-6+. The van der Waals surface area contributed by atoms with Crippen LogP contribution in [0.4, 0.5) is 11.4 Å². The van der Waals surface area contributed by atoms with Gasteiger partial charge in [-0.2, -0.15) is 0 Å². The molecule has 0 saturated heterocycles. The van der Waals surface area contributed by atoms with Gasteiger partial charge in [-0.25, -0.2) is 0 Å². The van der Waals surface area contributed by atoms with Crippen molar-refractivity contribution in [2.24, 2.45) is 5.92 Å². The topological polar surface area (TPSA) is 58.2 Å². The van der Waals surface area contributed by atoms with E-state index in [1.165, 1.54) is 6.08 Å². The van der Waals surface area contributed by atoms with E-state index in [0.717, 1.165) is 5.56 Å². The van der Waals surface area contributed by atoms with Crippen LogP contribution < -0.4 is 10.6 Å². The van der Waals surface area contributed by atoms with Gasteiger partial charge in [-0.15, -0.1) is 0 Å². The predicted molar refractivity (Wildman–Crippen MR) is 99.0 cm³/mol. The molecule has 24 heavy (non-hydrogen) atoms. The van der Waals surface area contributed by atoms with Crippen molar-refractivity contribution in [1.82, 2.24) is 0 Å². The van der Waals surface area contributed by atoms with Crippen molar-refractivity contribution in [1.29, 1.82) is 0 Å². The van der Waals surface area contributed by atoms with Gasteiger partial charge in [0.05, 0.1) is 0 Å². The highest BCUT2D eigenvalue weighted by molar-refractivity contribution is 6.30. The normalized spacial score (nSPS) is 10.8. The van der Waals surface area contributed by atoms with Crippen molar-refractivity contribution in [2.75, 3.05) is 10.6 Å². The molecule has 5 heteroatoms. The van der Waals surface area contributed by atoms with Crippen LogP contribution in [-0.2, 0) is 9.59 Å². The summed E-state index contributed by atoms with van der Waals surface area (Å²) in [6, 6.07) is 14.2. The molecule has 0 spiro atoms. The number of rotatable bonds is 5. The van der Waals surface area contributed by atoms with Crippen molar-refractivity contribution in [3.05, 3.63) is 65.2 Å². The Morgan fingerprint density at radius 2 is 1.62 bits per heavy atom. The van der Waals surface area contributed by atoms with Gasteiger partial charge in [-0.3, -0.25) is 9.59 Å². The molecule has 0 aliphatic heterocycles. The van der Waals surface area contributed by atoms with Crippen LogP contribution in [0.3, 0.4) is 0 Å². The summed E-state index contributed by atoms with van der Waals surface area (Å²) in [5.74, 6) is -0.369. The SMILES string of the molecule is CC(C)C(=O)Nc1ccc(NC(=O)/C=C/c2cccc(Cl)c2)cc1. The molecule has 0 unspecified atom stereocenters. The summed E-state index contributed by atoms with van der Waals surface area (Å²) in [7, 11) is 0. The molecule has 0 aliphatic rings. The number of hydrogen-bond donors (Lipinski definition) is 2. The zero-order valence-electron chi connectivity index (χ0n) is 13.5. The fourth-order valence-corrected chi connectivity index (χ4v) is 2.09. The number of nitrogens with one attached hydrogen (secondary N) is 2. The molecule has 0 atom stereocenters. The Labute approximate surface area is 146 Å². The Balaban J connectivity index is 1.93. The van der Waals surface area contributed by atoms with Crippen molar-refractivity contribution in [2.45, 2.75) is 13.8 Å². The van der Waals surface area contributed by atoms with Crippen LogP contribution in [0.15, 0.2) is 54.6 Å². The third-order valence-corrected chi connectivity index (χ3v) is 3.46. The van der Waals surface area contributed by atoms with Gasteiger partial charge < -0.3 is 10.6 Å². The summed E-state index contributed by atoms with van der Waals surface area (Å²) in [6.07, 6.45) is 3.14. The Morgan fingerprint density at radius 3 is 2.21 bits per heavy atom. The molecule has 0 radical (unpaired) electrons. The average molecular weight is 343 g/mol. The maximum absolute atomic E-state index is 11.9. The number of anilines is 2. The lowest BCUT2D eigenvalue weighted by Gasteiger charge is -2.08. The van der Waals surface area contributed by atoms with Crippen LogP contribution in [0, 0.1) is 5.92 Å². The maximum Gasteiger partial charge on any atom is 0.248 e. The minimum atomic E-state index is -0.242.